The number of rotatable bonds is 3. The summed E-state index contributed by atoms with van der Waals surface area (Å²) in [6, 6.07) is 0. The van der Waals surface area contributed by atoms with Crippen molar-refractivity contribution in [1.29, 1.82) is 0 Å². The molecule has 1 fully saturated rings. The molecular formula is C12H19NO. The van der Waals surface area contributed by atoms with Crippen molar-refractivity contribution in [3.63, 3.8) is 0 Å². The molecule has 0 aromatic carbocycles. The molecule has 0 heterocycles. The summed E-state index contributed by atoms with van der Waals surface area (Å²) in [5, 5.41) is 0. The first-order valence-corrected chi connectivity index (χ1v) is 5.43. The van der Waals surface area contributed by atoms with E-state index in [4.69, 9.17) is 6.42 Å². The third-order valence-corrected chi connectivity index (χ3v) is 3.15. The Kier molecular flexibility index (Phi) is 4.00. The van der Waals surface area contributed by atoms with Gasteiger partial charge in [-0.25, -0.2) is 0 Å². The fourth-order valence-corrected chi connectivity index (χ4v) is 2.20. The number of nitrogens with zero attached hydrogens (tertiary/aromatic N) is 1. The van der Waals surface area contributed by atoms with E-state index in [1.807, 2.05) is 6.92 Å². The van der Waals surface area contributed by atoms with Crippen molar-refractivity contribution >= 4 is 5.91 Å². The van der Waals surface area contributed by atoms with Crippen molar-refractivity contribution in [3.8, 4) is 12.3 Å². The third-order valence-electron chi connectivity index (χ3n) is 3.15. The zero-order valence-electron chi connectivity index (χ0n) is 9.12. The minimum Gasteiger partial charge on any atom is -0.332 e. The Morgan fingerprint density at radius 1 is 1.57 bits per heavy atom. The predicted molar refractivity (Wildman–Crippen MR) is 57.6 cm³/mol. The number of hydrogen-bond acceptors (Lipinski definition) is 1. The van der Waals surface area contributed by atoms with Gasteiger partial charge in [0, 0.05) is 12.5 Å². The lowest BCUT2D eigenvalue weighted by atomic mass is 9.96. The van der Waals surface area contributed by atoms with Gasteiger partial charge in [0.05, 0.1) is 6.54 Å². The van der Waals surface area contributed by atoms with Gasteiger partial charge in [-0.15, -0.1) is 6.42 Å². The van der Waals surface area contributed by atoms with Gasteiger partial charge >= 0.3 is 0 Å². The first-order chi connectivity index (χ1) is 6.70. The highest BCUT2D eigenvalue weighted by molar-refractivity contribution is 5.79. The molecule has 0 bridgehead atoms. The molecule has 0 spiro atoms. The molecule has 1 amide bonds. The van der Waals surface area contributed by atoms with Gasteiger partial charge in [-0.05, 0) is 25.7 Å². The number of carbonyl (C=O) groups excluding carboxylic acids is 1. The Hall–Kier alpha value is -0.970. The topological polar surface area (TPSA) is 20.3 Å². The molecule has 0 saturated heterocycles. The maximum Gasteiger partial charge on any atom is 0.226 e. The molecule has 1 aliphatic carbocycles. The predicted octanol–water partition coefficient (Wildman–Crippen LogP) is 1.90. The number of terminal acetylenes is 1. The van der Waals surface area contributed by atoms with Gasteiger partial charge in [0.15, 0.2) is 0 Å². The van der Waals surface area contributed by atoms with Crippen molar-refractivity contribution < 1.29 is 4.79 Å². The van der Waals surface area contributed by atoms with E-state index in [2.05, 4.69) is 12.8 Å². The molecule has 0 aliphatic heterocycles. The van der Waals surface area contributed by atoms with Crippen molar-refractivity contribution in [2.45, 2.75) is 33.1 Å². The normalized spacial score (nSPS) is 25.8. The van der Waals surface area contributed by atoms with Gasteiger partial charge < -0.3 is 4.90 Å². The minimum atomic E-state index is 0.225. The summed E-state index contributed by atoms with van der Waals surface area (Å²) in [4.78, 5) is 13.8. The quantitative estimate of drug-likeness (QED) is 0.627. The van der Waals surface area contributed by atoms with Gasteiger partial charge in [-0.2, -0.15) is 0 Å². The molecule has 1 aliphatic rings. The SMILES string of the molecule is C#CCN(CC)C(=O)C1CCCC1C. The molecule has 2 unspecified atom stereocenters. The lowest BCUT2D eigenvalue weighted by molar-refractivity contribution is -0.135. The molecule has 0 radical (unpaired) electrons. The summed E-state index contributed by atoms with van der Waals surface area (Å²) in [5.74, 6) is 3.56. The summed E-state index contributed by atoms with van der Waals surface area (Å²) >= 11 is 0. The van der Waals surface area contributed by atoms with Gasteiger partial charge in [0.25, 0.3) is 0 Å². The fourth-order valence-electron chi connectivity index (χ4n) is 2.20. The molecular weight excluding hydrogens is 174 g/mol. The second-order valence-electron chi connectivity index (χ2n) is 4.07. The lowest BCUT2D eigenvalue weighted by Gasteiger charge is -2.24. The lowest BCUT2D eigenvalue weighted by Crippen LogP contribution is -2.37. The van der Waals surface area contributed by atoms with E-state index in [0.29, 0.717) is 12.5 Å². The molecule has 1 saturated carbocycles. The largest absolute Gasteiger partial charge is 0.332 e. The fraction of sp³-hybridized carbons (Fsp3) is 0.750. The maximum atomic E-state index is 12.0. The second-order valence-corrected chi connectivity index (χ2v) is 4.07. The van der Waals surface area contributed by atoms with E-state index >= 15 is 0 Å². The van der Waals surface area contributed by atoms with Crippen LogP contribution in [0.1, 0.15) is 33.1 Å². The molecule has 78 valence electrons. The molecule has 1 rings (SSSR count). The van der Waals surface area contributed by atoms with Crippen LogP contribution >= 0.6 is 0 Å². The number of carbonyl (C=O) groups is 1. The highest BCUT2D eigenvalue weighted by atomic mass is 16.2. The van der Waals surface area contributed by atoms with Crippen molar-refractivity contribution in [3.05, 3.63) is 0 Å². The van der Waals surface area contributed by atoms with Crippen molar-refractivity contribution in [1.82, 2.24) is 4.90 Å². The van der Waals surface area contributed by atoms with E-state index in [-0.39, 0.29) is 11.8 Å². The smallest absolute Gasteiger partial charge is 0.226 e. The van der Waals surface area contributed by atoms with Crippen molar-refractivity contribution in [2.75, 3.05) is 13.1 Å². The summed E-state index contributed by atoms with van der Waals surface area (Å²) in [7, 11) is 0. The van der Waals surface area contributed by atoms with Gasteiger partial charge in [0.1, 0.15) is 0 Å². The zero-order chi connectivity index (χ0) is 10.6. The molecule has 0 aromatic rings. The van der Waals surface area contributed by atoms with E-state index < -0.39 is 0 Å². The summed E-state index contributed by atoms with van der Waals surface area (Å²) < 4.78 is 0. The molecule has 2 heteroatoms. The first-order valence-electron chi connectivity index (χ1n) is 5.43. The van der Waals surface area contributed by atoms with Gasteiger partial charge in [0.2, 0.25) is 5.91 Å². The monoisotopic (exact) mass is 193 g/mol. The first kappa shape index (κ1) is 11.1. The Morgan fingerprint density at radius 3 is 2.71 bits per heavy atom. The van der Waals surface area contributed by atoms with E-state index in [9.17, 15) is 4.79 Å². The Labute approximate surface area is 86.7 Å². The van der Waals surface area contributed by atoms with E-state index in [0.717, 1.165) is 13.0 Å². The highest BCUT2D eigenvalue weighted by Gasteiger charge is 2.31. The average molecular weight is 193 g/mol. The van der Waals surface area contributed by atoms with Crippen LogP contribution in [-0.2, 0) is 4.79 Å². The van der Waals surface area contributed by atoms with Crippen LogP contribution in [0.2, 0.25) is 0 Å². The van der Waals surface area contributed by atoms with Crippen molar-refractivity contribution in [2.24, 2.45) is 11.8 Å². The minimum absolute atomic E-state index is 0.225. The molecule has 14 heavy (non-hydrogen) atoms. The van der Waals surface area contributed by atoms with Crippen LogP contribution < -0.4 is 0 Å². The third kappa shape index (κ3) is 2.29. The van der Waals surface area contributed by atoms with E-state index in [1.165, 1.54) is 12.8 Å². The van der Waals surface area contributed by atoms with Crippen LogP contribution in [0.15, 0.2) is 0 Å². The summed E-state index contributed by atoms with van der Waals surface area (Å²) in [6.07, 6.45) is 8.65. The van der Waals surface area contributed by atoms with Crippen LogP contribution in [0.5, 0.6) is 0 Å². The zero-order valence-corrected chi connectivity index (χ0v) is 9.12. The van der Waals surface area contributed by atoms with Crippen LogP contribution in [0.3, 0.4) is 0 Å². The maximum absolute atomic E-state index is 12.0. The standard InChI is InChI=1S/C12H19NO/c1-4-9-13(5-2)12(14)11-8-6-7-10(11)3/h1,10-11H,5-9H2,2-3H3. The summed E-state index contributed by atoms with van der Waals surface area (Å²) in [6.45, 7) is 5.33. The van der Waals surface area contributed by atoms with Gasteiger partial charge in [-0.1, -0.05) is 19.3 Å². The number of amides is 1. The van der Waals surface area contributed by atoms with Gasteiger partial charge in [-0.3, -0.25) is 4.79 Å². The Bertz CT molecular complexity index is 241. The van der Waals surface area contributed by atoms with Crippen LogP contribution in [0.25, 0.3) is 0 Å². The highest BCUT2D eigenvalue weighted by Crippen LogP contribution is 2.32. The Morgan fingerprint density at radius 2 is 2.29 bits per heavy atom. The molecule has 0 N–H and O–H groups in total. The number of hydrogen-bond donors (Lipinski definition) is 0. The van der Waals surface area contributed by atoms with Crippen LogP contribution in [0.4, 0.5) is 0 Å². The van der Waals surface area contributed by atoms with Crippen LogP contribution in [-0.4, -0.2) is 23.9 Å². The average Bonchev–Trinajstić information content (AvgIpc) is 2.59. The molecule has 2 atom stereocenters. The Balaban J connectivity index is 2.58. The summed E-state index contributed by atoms with van der Waals surface area (Å²) in [5.41, 5.74) is 0. The molecule has 0 aromatic heterocycles. The van der Waals surface area contributed by atoms with Crippen LogP contribution in [0, 0.1) is 24.2 Å². The van der Waals surface area contributed by atoms with E-state index in [1.54, 1.807) is 4.90 Å². The molecule has 2 nitrogen and oxygen atoms in total. The second kappa shape index (κ2) is 5.05.